The summed E-state index contributed by atoms with van der Waals surface area (Å²) in [6, 6.07) is 15.2. The first kappa shape index (κ1) is 29.0. The first-order chi connectivity index (χ1) is 17.4. The second-order valence-corrected chi connectivity index (χ2v) is 16.3. The molecule has 37 heavy (non-hydrogen) atoms. The number of hydrogen-bond acceptors (Lipinski definition) is 4. The highest BCUT2D eigenvalue weighted by atomic mass is 35.5. The largest absolute Gasteiger partial charge is 0.478 e. The number of rotatable bonds is 12. The minimum atomic E-state index is -1.96. The number of nitrogens with one attached hydrogen (secondary N) is 2. The molecule has 200 valence electrons. The molecule has 1 unspecified atom stereocenters. The number of imidazole rings is 1. The van der Waals surface area contributed by atoms with Crippen LogP contribution in [0.1, 0.15) is 79.5 Å². The Bertz CT molecular complexity index is 1170. The second-order valence-electron chi connectivity index (χ2n) is 11.1. The SMILES string of the molecule is CCCCc1nc(Cl)c(C(CO[Si](C)(C)C(C)(C)C)c2ccc(NCc3ccc(C(=O)O)cc3)cc2)[nH]1. The average molecular weight is 542 g/mol. The number of carboxylic acid groups (broad SMARTS) is 1. The van der Waals surface area contributed by atoms with Gasteiger partial charge in [-0.25, -0.2) is 9.78 Å². The van der Waals surface area contributed by atoms with Gasteiger partial charge in [0.2, 0.25) is 0 Å². The van der Waals surface area contributed by atoms with Crippen molar-refractivity contribution in [3.05, 3.63) is 81.9 Å². The predicted octanol–water partition coefficient (Wildman–Crippen LogP) is 7.87. The monoisotopic (exact) mass is 541 g/mol. The Labute approximate surface area is 227 Å². The molecular formula is C29H40ClN3O3Si. The highest BCUT2D eigenvalue weighted by molar-refractivity contribution is 6.74. The van der Waals surface area contributed by atoms with Gasteiger partial charge in [-0.1, -0.05) is 70.0 Å². The molecule has 0 aliphatic carbocycles. The van der Waals surface area contributed by atoms with E-state index in [1.807, 2.05) is 12.1 Å². The van der Waals surface area contributed by atoms with Crippen LogP contribution in [0.15, 0.2) is 48.5 Å². The number of carboxylic acids is 1. The minimum absolute atomic E-state index is 0.0536. The number of aromatic carboxylic acids is 1. The van der Waals surface area contributed by atoms with Gasteiger partial charge >= 0.3 is 5.97 Å². The summed E-state index contributed by atoms with van der Waals surface area (Å²) in [5.74, 6) is -0.0504. The fourth-order valence-corrected chi connectivity index (χ4v) is 5.06. The van der Waals surface area contributed by atoms with Crippen LogP contribution in [-0.2, 0) is 17.4 Å². The molecule has 1 heterocycles. The number of aromatic nitrogens is 2. The fraction of sp³-hybridized carbons (Fsp3) is 0.448. The van der Waals surface area contributed by atoms with E-state index in [0.717, 1.165) is 47.6 Å². The quantitative estimate of drug-likeness (QED) is 0.203. The third kappa shape index (κ3) is 7.69. The number of aromatic amines is 1. The highest BCUT2D eigenvalue weighted by Gasteiger charge is 2.38. The van der Waals surface area contributed by atoms with Gasteiger partial charge in [0.25, 0.3) is 0 Å². The van der Waals surface area contributed by atoms with Gasteiger partial charge in [-0.2, -0.15) is 0 Å². The predicted molar refractivity (Wildman–Crippen MR) is 154 cm³/mol. The summed E-state index contributed by atoms with van der Waals surface area (Å²) in [7, 11) is -1.96. The first-order valence-corrected chi connectivity index (χ1v) is 16.2. The molecule has 3 aromatic rings. The third-order valence-corrected chi connectivity index (χ3v) is 12.1. The smallest absolute Gasteiger partial charge is 0.335 e. The number of carbonyl (C=O) groups is 1. The van der Waals surface area contributed by atoms with E-state index < -0.39 is 14.3 Å². The van der Waals surface area contributed by atoms with Crippen LogP contribution in [0, 0.1) is 0 Å². The number of aryl methyl sites for hydroxylation is 1. The van der Waals surface area contributed by atoms with Gasteiger partial charge in [0.1, 0.15) is 5.82 Å². The molecule has 0 amide bonds. The maximum absolute atomic E-state index is 11.1. The van der Waals surface area contributed by atoms with Gasteiger partial charge in [0.15, 0.2) is 13.5 Å². The summed E-state index contributed by atoms with van der Waals surface area (Å²) in [6.45, 7) is 14.6. The zero-order valence-electron chi connectivity index (χ0n) is 22.8. The number of H-pyrrole nitrogens is 1. The second kappa shape index (κ2) is 12.3. The molecule has 3 rings (SSSR count). The van der Waals surface area contributed by atoms with Crippen LogP contribution in [0.4, 0.5) is 5.69 Å². The van der Waals surface area contributed by atoms with E-state index >= 15 is 0 Å². The summed E-state index contributed by atoms with van der Waals surface area (Å²) >= 11 is 6.65. The van der Waals surface area contributed by atoms with Crippen LogP contribution < -0.4 is 5.32 Å². The Kier molecular flexibility index (Phi) is 9.61. The van der Waals surface area contributed by atoms with Crippen molar-refractivity contribution in [1.82, 2.24) is 9.97 Å². The number of benzene rings is 2. The van der Waals surface area contributed by atoms with Crippen molar-refractivity contribution in [3.8, 4) is 0 Å². The maximum atomic E-state index is 11.1. The number of unbranched alkanes of at least 4 members (excludes halogenated alkanes) is 1. The summed E-state index contributed by atoms with van der Waals surface area (Å²) < 4.78 is 6.65. The van der Waals surface area contributed by atoms with Crippen LogP contribution in [-0.4, -0.2) is 36.0 Å². The molecule has 8 heteroatoms. The molecule has 1 aromatic heterocycles. The van der Waals surface area contributed by atoms with Crippen molar-refractivity contribution in [2.45, 2.75) is 77.6 Å². The molecule has 0 fully saturated rings. The van der Waals surface area contributed by atoms with E-state index in [9.17, 15) is 4.79 Å². The van der Waals surface area contributed by atoms with Gasteiger partial charge < -0.3 is 19.8 Å². The lowest BCUT2D eigenvalue weighted by Gasteiger charge is -2.37. The lowest BCUT2D eigenvalue weighted by molar-refractivity contribution is 0.0697. The molecule has 0 radical (unpaired) electrons. The molecule has 6 nitrogen and oxygen atoms in total. The van der Waals surface area contributed by atoms with Crippen LogP contribution in [0.3, 0.4) is 0 Å². The molecule has 3 N–H and O–H groups in total. The van der Waals surface area contributed by atoms with Crippen molar-refractivity contribution < 1.29 is 14.3 Å². The van der Waals surface area contributed by atoms with E-state index in [2.05, 4.69) is 80.3 Å². The van der Waals surface area contributed by atoms with Crippen LogP contribution in [0.2, 0.25) is 23.3 Å². The summed E-state index contributed by atoms with van der Waals surface area (Å²) in [5, 5.41) is 13.1. The van der Waals surface area contributed by atoms with Crippen LogP contribution >= 0.6 is 11.6 Å². The van der Waals surface area contributed by atoms with Crippen molar-refractivity contribution in [2.75, 3.05) is 11.9 Å². The minimum Gasteiger partial charge on any atom is -0.478 e. The number of hydrogen-bond donors (Lipinski definition) is 3. The topological polar surface area (TPSA) is 87.2 Å². The van der Waals surface area contributed by atoms with Gasteiger partial charge in [0, 0.05) is 31.2 Å². The lowest BCUT2D eigenvalue weighted by Crippen LogP contribution is -2.41. The van der Waals surface area contributed by atoms with Crippen molar-refractivity contribution >= 4 is 31.6 Å². The van der Waals surface area contributed by atoms with E-state index in [-0.39, 0.29) is 16.5 Å². The third-order valence-electron chi connectivity index (χ3n) is 7.28. The van der Waals surface area contributed by atoms with Crippen molar-refractivity contribution in [1.29, 1.82) is 0 Å². The molecule has 2 aromatic carbocycles. The number of nitrogens with zero attached hydrogens (tertiary/aromatic N) is 1. The molecule has 0 saturated carbocycles. The fourth-order valence-electron chi connectivity index (χ4n) is 3.76. The molecular weight excluding hydrogens is 502 g/mol. The lowest BCUT2D eigenvalue weighted by atomic mass is 9.97. The highest BCUT2D eigenvalue weighted by Crippen LogP contribution is 2.39. The summed E-state index contributed by atoms with van der Waals surface area (Å²) in [5.41, 5.74) is 4.30. The molecule has 0 bridgehead atoms. The summed E-state index contributed by atoms with van der Waals surface area (Å²) in [4.78, 5) is 19.2. The normalized spacial score (nSPS) is 12.9. The van der Waals surface area contributed by atoms with Gasteiger partial charge in [0.05, 0.1) is 11.3 Å². The Balaban J connectivity index is 1.79. The van der Waals surface area contributed by atoms with E-state index in [4.69, 9.17) is 21.1 Å². The van der Waals surface area contributed by atoms with Crippen molar-refractivity contribution in [3.63, 3.8) is 0 Å². The molecule has 0 aliphatic rings. The Morgan fingerprint density at radius 2 is 1.78 bits per heavy atom. The van der Waals surface area contributed by atoms with Gasteiger partial charge in [-0.15, -0.1) is 0 Å². The summed E-state index contributed by atoms with van der Waals surface area (Å²) in [6.07, 6.45) is 3.04. The molecule has 0 saturated heterocycles. The maximum Gasteiger partial charge on any atom is 0.335 e. The Morgan fingerprint density at radius 1 is 1.14 bits per heavy atom. The van der Waals surface area contributed by atoms with E-state index in [0.29, 0.717) is 18.3 Å². The Hall–Kier alpha value is -2.61. The van der Waals surface area contributed by atoms with Crippen LogP contribution in [0.5, 0.6) is 0 Å². The zero-order chi connectivity index (χ0) is 27.2. The van der Waals surface area contributed by atoms with E-state index in [1.54, 1.807) is 12.1 Å². The Morgan fingerprint density at radius 3 is 2.35 bits per heavy atom. The molecule has 0 aliphatic heterocycles. The first-order valence-electron chi connectivity index (χ1n) is 13.0. The van der Waals surface area contributed by atoms with Crippen molar-refractivity contribution in [2.24, 2.45) is 0 Å². The van der Waals surface area contributed by atoms with Gasteiger partial charge in [-0.3, -0.25) is 0 Å². The van der Waals surface area contributed by atoms with Gasteiger partial charge in [-0.05, 0) is 59.9 Å². The van der Waals surface area contributed by atoms with Crippen LogP contribution in [0.25, 0.3) is 0 Å². The van der Waals surface area contributed by atoms with E-state index in [1.165, 1.54) is 0 Å². The molecule has 0 spiro atoms. The average Bonchev–Trinajstić information content (AvgIpc) is 3.21. The number of anilines is 1. The standard InChI is InChI=1S/C29H40ClN3O3Si/c1-7-8-9-25-32-26(27(30)33-25)24(19-36-37(5,6)29(2,3)4)21-14-16-23(17-15-21)31-18-20-10-12-22(13-11-20)28(34)35/h10-17,24,31H,7-9,18-19H2,1-6H3,(H,32,33)(H,34,35). The number of halogens is 1. The zero-order valence-corrected chi connectivity index (χ0v) is 24.6. The molecule has 1 atom stereocenters.